The Kier molecular flexibility index (Phi) is 4.62. The Bertz CT molecular complexity index is 832. The van der Waals surface area contributed by atoms with Gasteiger partial charge in [-0.05, 0) is 39.0 Å². The highest BCUT2D eigenvalue weighted by Gasteiger charge is 2.33. The van der Waals surface area contributed by atoms with Crippen LogP contribution >= 0.6 is 0 Å². The number of amides is 1. The van der Waals surface area contributed by atoms with E-state index >= 15 is 0 Å². The number of carbonyl (C=O) groups is 1. The summed E-state index contributed by atoms with van der Waals surface area (Å²) >= 11 is 0. The predicted molar refractivity (Wildman–Crippen MR) is 92.9 cm³/mol. The fourth-order valence-electron chi connectivity index (χ4n) is 3.99. The van der Waals surface area contributed by atoms with Gasteiger partial charge in [-0.25, -0.2) is 9.89 Å². The smallest absolute Gasteiger partial charge is 0.340 e. The van der Waals surface area contributed by atoms with Crippen LogP contribution in [0, 0.1) is 6.92 Å². The first kappa shape index (κ1) is 17.0. The van der Waals surface area contributed by atoms with E-state index in [-0.39, 0.29) is 23.7 Å². The number of carbonyl (C=O) groups excluding carboxylic acids is 1. The van der Waals surface area contributed by atoms with E-state index in [1.807, 2.05) is 16.5 Å². The number of likely N-dealkylation sites (tertiary alicyclic amines) is 1. The maximum absolute atomic E-state index is 13.2. The third kappa shape index (κ3) is 3.07. The highest BCUT2D eigenvalue weighted by atomic mass is 16.5. The minimum Gasteiger partial charge on any atom is -0.381 e. The van der Waals surface area contributed by atoms with Crippen molar-refractivity contribution in [1.82, 2.24) is 29.9 Å². The molecule has 0 bridgehead atoms. The first-order valence-corrected chi connectivity index (χ1v) is 9.22. The molecule has 0 unspecified atom stereocenters. The summed E-state index contributed by atoms with van der Waals surface area (Å²) in [6.45, 7) is 4.06. The summed E-state index contributed by atoms with van der Waals surface area (Å²) in [5, 5.41) is 10.9. The van der Waals surface area contributed by atoms with E-state index in [0.29, 0.717) is 17.9 Å². The lowest BCUT2D eigenvalue weighted by molar-refractivity contribution is 0.0596. The number of H-pyrrole nitrogens is 2. The molecule has 140 valence electrons. The highest BCUT2D eigenvalue weighted by molar-refractivity contribution is 5.95. The van der Waals surface area contributed by atoms with Gasteiger partial charge < -0.3 is 9.64 Å². The van der Waals surface area contributed by atoms with Crippen molar-refractivity contribution in [2.45, 2.75) is 51.1 Å². The Morgan fingerprint density at radius 1 is 1.27 bits per heavy atom. The van der Waals surface area contributed by atoms with Gasteiger partial charge in [-0.2, -0.15) is 10.2 Å². The third-order valence-electron chi connectivity index (χ3n) is 5.41. The summed E-state index contributed by atoms with van der Waals surface area (Å²) in [4.78, 5) is 29.2. The first-order valence-electron chi connectivity index (χ1n) is 9.22. The summed E-state index contributed by atoms with van der Waals surface area (Å²) in [7, 11) is 0. The number of aromatic nitrogens is 5. The van der Waals surface area contributed by atoms with Crippen molar-refractivity contribution in [2.75, 3.05) is 19.8 Å². The van der Waals surface area contributed by atoms with Crippen LogP contribution < -0.4 is 5.69 Å². The monoisotopic (exact) mass is 360 g/mol. The minimum absolute atomic E-state index is 0.0469. The number of piperidine rings is 1. The molecule has 4 rings (SSSR count). The van der Waals surface area contributed by atoms with Gasteiger partial charge in [-0.15, -0.1) is 0 Å². The van der Waals surface area contributed by atoms with Crippen LogP contribution in [0.3, 0.4) is 0 Å². The van der Waals surface area contributed by atoms with E-state index in [4.69, 9.17) is 4.74 Å². The van der Waals surface area contributed by atoms with Crippen LogP contribution in [0.2, 0.25) is 0 Å². The molecule has 4 heterocycles. The molecule has 9 heteroatoms. The van der Waals surface area contributed by atoms with Gasteiger partial charge in [0.1, 0.15) is 0 Å². The molecule has 1 amide bonds. The van der Waals surface area contributed by atoms with Crippen molar-refractivity contribution >= 4 is 5.91 Å². The maximum atomic E-state index is 13.2. The zero-order valence-corrected chi connectivity index (χ0v) is 14.9. The van der Waals surface area contributed by atoms with Crippen molar-refractivity contribution in [3.63, 3.8) is 0 Å². The number of aromatic amines is 2. The van der Waals surface area contributed by atoms with Gasteiger partial charge in [-0.3, -0.25) is 14.5 Å². The Balaban J connectivity index is 1.59. The number of nitrogens with zero attached hydrogens (tertiary/aromatic N) is 4. The average molecular weight is 360 g/mol. The van der Waals surface area contributed by atoms with E-state index in [1.54, 1.807) is 6.20 Å². The summed E-state index contributed by atoms with van der Waals surface area (Å²) in [5.74, 6) is 0.479. The van der Waals surface area contributed by atoms with Gasteiger partial charge in [0, 0.05) is 25.5 Å². The molecule has 0 aliphatic carbocycles. The number of hydrogen-bond donors (Lipinski definition) is 2. The van der Waals surface area contributed by atoms with E-state index < -0.39 is 0 Å². The molecule has 2 aromatic rings. The van der Waals surface area contributed by atoms with Gasteiger partial charge in [0.15, 0.2) is 5.82 Å². The van der Waals surface area contributed by atoms with E-state index in [9.17, 15) is 9.59 Å². The predicted octanol–water partition coefficient (Wildman–Crippen LogP) is 1.32. The van der Waals surface area contributed by atoms with Crippen molar-refractivity contribution < 1.29 is 9.53 Å². The second-order valence-electron chi connectivity index (χ2n) is 7.00. The topological polar surface area (TPSA) is 109 Å². The molecule has 2 aliphatic rings. The van der Waals surface area contributed by atoms with Crippen molar-refractivity contribution in [2.24, 2.45) is 0 Å². The Labute approximate surface area is 150 Å². The van der Waals surface area contributed by atoms with Crippen molar-refractivity contribution in [3.8, 4) is 0 Å². The summed E-state index contributed by atoms with van der Waals surface area (Å²) in [6, 6.07) is 0.0752. The van der Waals surface area contributed by atoms with Gasteiger partial charge >= 0.3 is 5.69 Å². The molecule has 9 nitrogen and oxygen atoms in total. The molecule has 2 N–H and O–H groups in total. The van der Waals surface area contributed by atoms with E-state index in [2.05, 4.69) is 20.3 Å². The van der Waals surface area contributed by atoms with Crippen LogP contribution in [0.4, 0.5) is 0 Å². The quantitative estimate of drug-likeness (QED) is 0.858. The standard InChI is InChI=1S/C17H24N6O3/c1-11-13(10-18-23(11)12-5-8-26-9-6-12)16(24)22-7-3-2-4-14(22)15-19-17(25)21-20-15/h10,12,14H,2-9H2,1H3,(H2,19,20,21,25)/t14-/m0/s1. The Morgan fingerprint density at radius 2 is 2.08 bits per heavy atom. The largest absolute Gasteiger partial charge is 0.381 e. The zero-order valence-electron chi connectivity index (χ0n) is 14.9. The molecule has 0 spiro atoms. The van der Waals surface area contributed by atoms with E-state index in [0.717, 1.165) is 51.0 Å². The molecule has 2 aromatic heterocycles. The summed E-state index contributed by atoms with van der Waals surface area (Å²) < 4.78 is 7.38. The van der Waals surface area contributed by atoms with Crippen molar-refractivity contribution in [3.05, 3.63) is 33.8 Å². The normalized spacial score (nSPS) is 21.9. The lowest BCUT2D eigenvalue weighted by atomic mass is 10.00. The van der Waals surface area contributed by atoms with Crippen LogP contribution in [0.15, 0.2) is 11.0 Å². The van der Waals surface area contributed by atoms with Crippen LogP contribution in [0.1, 0.15) is 66.1 Å². The van der Waals surface area contributed by atoms with Crippen LogP contribution in [-0.2, 0) is 4.74 Å². The fraction of sp³-hybridized carbons (Fsp3) is 0.647. The minimum atomic E-state index is -0.346. The number of nitrogens with one attached hydrogen (secondary N) is 2. The molecule has 26 heavy (non-hydrogen) atoms. The van der Waals surface area contributed by atoms with Crippen LogP contribution in [0.25, 0.3) is 0 Å². The highest BCUT2D eigenvalue weighted by Crippen LogP contribution is 2.31. The third-order valence-corrected chi connectivity index (χ3v) is 5.41. The maximum Gasteiger partial charge on any atom is 0.340 e. The van der Waals surface area contributed by atoms with Crippen molar-refractivity contribution in [1.29, 1.82) is 0 Å². The van der Waals surface area contributed by atoms with Gasteiger partial charge in [0.05, 0.1) is 23.8 Å². The Hall–Kier alpha value is -2.42. The molecule has 2 saturated heterocycles. The van der Waals surface area contributed by atoms with E-state index in [1.165, 1.54) is 0 Å². The van der Waals surface area contributed by atoms with Crippen LogP contribution in [-0.4, -0.2) is 55.5 Å². The van der Waals surface area contributed by atoms with Gasteiger partial charge in [0.2, 0.25) is 0 Å². The first-order chi connectivity index (χ1) is 12.6. The second kappa shape index (κ2) is 7.06. The number of ether oxygens (including phenoxy) is 1. The SMILES string of the molecule is Cc1c(C(=O)N2CCCC[C@H]2c2n[nH]c(=O)[nH]2)cnn1C1CCOCC1. The molecule has 2 fully saturated rings. The fourth-order valence-corrected chi connectivity index (χ4v) is 3.99. The lowest BCUT2D eigenvalue weighted by Crippen LogP contribution is -2.39. The molecule has 0 saturated carbocycles. The molecule has 0 radical (unpaired) electrons. The lowest BCUT2D eigenvalue weighted by Gasteiger charge is -2.34. The molecule has 0 aromatic carbocycles. The number of rotatable bonds is 3. The zero-order chi connectivity index (χ0) is 18.1. The molecule has 1 atom stereocenters. The molecular weight excluding hydrogens is 336 g/mol. The second-order valence-corrected chi connectivity index (χ2v) is 7.00. The summed E-state index contributed by atoms with van der Waals surface area (Å²) in [5.41, 5.74) is 1.17. The molecule has 2 aliphatic heterocycles. The number of hydrogen-bond acceptors (Lipinski definition) is 5. The summed E-state index contributed by atoms with van der Waals surface area (Å²) in [6.07, 6.45) is 6.24. The van der Waals surface area contributed by atoms with Crippen LogP contribution in [0.5, 0.6) is 0 Å². The Morgan fingerprint density at radius 3 is 2.81 bits per heavy atom. The average Bonchev–Trinajstić information content (AvgIpc) is 3.28. The molecular formula is C17H24N6O3. The van der Waals surface area contributed by atoms with Gasteiger partial charge in [0.25, 0.3) is 5.91 Å². The van der Waals surface area contributed by atoms with Gasteiger partial charge in [-0.1, -0.05) is 0 Å².